The maximum Gasteiger partial charge on any atom is 0.262 e. The molecule has 0 aliphatic carbocycles. The summed E-state index contributed by atoms with van der Waals surface area (Å²) in [5.74, 6) is 0.460. The molecule has 2 heterocycles. The van der Waals surface area contributed by atoms with Gasteiger partial charge in [-0.05, 0) is 23.8 Å². The van der Waals surface area contributed by atoms with E-state index in [0.717, 1.165) is 5.56 Å². The molecular formula is C13H9ClN4O. The minimum atomic E-state index is -0.218. The molecule has 1 aromatic carbocycles. The van der Waals surface area contributed by atoms with Crippen LogP contribution in [0.25, 0.3) is 23.2 Å². The van der Waals surface area contributed by atoms with Gasteiger partial charge in [0.25, 0.3) is 5.56 Å². The number of nitrogens with zero attached hydrogens (tertiary/aromatic N) is 2. The first-order valence-electron chi connectivity index (χ1n) is 5.59. The van der Waals surface area contributed by atoms with Gasteiger partial charge in [-0.15, -0.1) is 0 Å². The van der Waals surface area contributed by atoms with Crippen LogP contribution in [0, 0.1) is 0 Å². The van der Waals surface area contributed by atoms with Crippen LogP contribution < -0.4 is 5.56 Å². The van der Waals surface area contributed by atoms with E-state index in [4.69, 9.17) is 11.6 Å². The molecule has 5 nitrogen and oxygen atoms in total. The van der Waals surface area contributed by atoms with Crippen molar-refractivity contribution in [3.63, 3.8) is 0 Å². The fourth-order valence-corrected chi connectivity index (χ4v) is 1.93. The molecule has 0 radical (unpaired) electrons. The van der Waals surface area contributed by atoms with Crippen LogP contribution in [0.4, 0.5) is 0 Å². The summed E-state index contributed by atoms with van der Waals surface area (Å²) < 4.78 is 0. The Kier molecular flexibility index (Phi) is 2.89. The van der Waals surface area contributed by atoms with Gasteiger partial charge in [0.2, 0.25) is 0 Å². The van der Waals surface area contributed by atoms with Crippen LogP contribution in [0.3, 0.4) is 0 Å². The summed E-state index contributed by atoms with van der Waals surface area (Å²) >= 11 is 5.89. The lowest BCUT2D eigenvalue weighted by Gasteiger charge is -1.95. The van der Waals surface area contributed by atoms with Gasteiger partial charge in [-0.2, -0.15) is 5.10 Å². The lowest BCUT2D eigenvalue weighted by atomic mass is 10.2. The summed E-state index contributed by atoms with van der Waals surface area (Å²) in [6.45, 7) is 0. The minimum Gasteiger partial charge on any atom is -0.306 e. The Morgan fingerprint density at radius 1 is 1.26 bits per heavy atom. The third kappa shape index (κ3) is 2.41. The highest BCUT2D eigenvalue weighted by atomic mass is 35.5. The van der Waals surface area contributed by atoms with Crippen molar-refractivity contribution in [2.75, 3.05) is 0 Å². The van der Waals surface area contributed by atoms with Gasteiger partial charge in [-0.1, -0.05) is 29.8 Å². The van der Waals surface area contributed by atoms with E-state index in [1.54, 1.807) is 12.1 Å². The van der Waals surface area contributed by atoms with E-state index in [0.29, 0.717) is 21.9 Å². The Hall–Kier alpha value is -2.40. The number of nitrogens with one attached hydrogen (secondary N) is 2. The average molecular weight is 273 g/mol. The molecule has 19 heavy (non-hydrogen) atoms. The van der Waals surface area contributed by atoms with Crippen LogP contribution in [0.2, 0.25) is 5.02 Å². The van der Waals surface area contributed by atoms with Crippen LogP contribution in [-0.4, -0.2) is 20.2 Å². The molecule has 0 aliphatic rings. The summed E-state index contributed by atoms with van der Waals surface area (Å²) in [7, 11) is 0. The normalized spacial score (nSPS) is 11.4. The molecular weight excluding hydrogens is 264 g/mol. The van der Waals surface area contributed by atoms with Crippen molar-refractivity contribution in [3.8, 4) is 0 Å². The molecule has 0 aliphatic heterocycles. The van der Waals surface area contributed by atoms with E-state index in [-0.39, 0.29) is 5.56 Å². The zero-order valence-corrected chi connectivity index (χ0v) is 10.5. The average Bonchev–Trinajstić information content (AvgIpc) is 2.85. The van der Waals surface area contributed by atoms with Crippen LogP contribution in [0.15, 0.2) is 35.3 Å². The topological polar surface area (TPSA) is 74.4 Å². The summed E-state index contributed by atoms with van der Waals surface area (Å²) in [5, 5.41) is 7.56. The molecule has 6 heteroatoms. The quantitative estimate of drug-likeness (QED) is 0.752. The summed E-state index contributed by atoms with van der Waals surface area (Å²) in [5.41, 5.74) is 1.18. The molecule has 2 aromatic heterocycles. The second kappa shape index (κ2) is 4.70. The van der Waals surface area contributed by atoms with Gasteiger partial charge in [-0.25, -0.2) is 4.98 Å². The zero-order valence-electron chi connectivity index (χ0n) is 9.72. The number of H-pyrrole nitrogens is 2. The number of halogens is 1. The molecule has 3 aromatic rings. The van der Waals surface area contributed by atoms with E-state index in [1.807, 2.05) is 24.3 Å². The van der Waals surface area contributed by atoms with Gasteiger partial charge >= 0.3 is 0 Å². The molecule has 0 spiro atoms. The van der Waals surface area contributed by atoms with Crippen molar-refractivity contribution >= 4 is 34.8 Å². The van der Waals surface area contributed by atoms with Gasteiger partial charge in [0, 0.05) is 5.02 Å². The van der Waals surface area contributed by atoms with E-state index >= 15 is 0 Å². The molecule has 0 saturated carbocycles. The standard InChI is InChI=1S/C13H9ClN4O/c14-9-3-1-2-8(6-9)4-5-11-16-12-10(7-15-18-12)13(19)17-11/h1-7H,(H2,15,16,17,18,19)/b5-4+. The monoisotopic (exact) mass is 272 g/mol. The van der Waals surface area contributed by atoms with Crippen LogP contribution in [0.1, 0.15) is 11.4 Å². The van der Waals surface area contributed by atoms with Crippen molar-refractivity contribution < 1.29 is 0 Å². The van der Waals surface area contributed by atoms with Gasteiger partial charge in [0.05, 0.1) is 6.20 Å². The first kappa shape index (κ1) is 11.7. The van der Waals surface area contributed by atoms with E-state index in [1.165, 1.54) is 6.20 Å². The number of hydrogen-bond acceptors (Lipinski definition) is 3. The molecule has 3 rings (SSSR count). The highest BCUT2D eigenvalue weighted by Crippen LogP contribution is 2.13. The van der Waals surface area contributed by atoms with E-state index in [2.05, 4.69) is 20.2 Å². The smallest absolute Gasteiger partial charge is 0.262 e. The Labute approximate surface area is 113 Å². The maximum atomic E-state index is 11.7. The van der Waals surface area contributed by atoms with Crippen LogP contribution in [-0.2, 0) is 0 Å². The second-order valence-corrected chi connectivity index (χ2v) is 4.41. The number of benzene rings is 1. The molecule has 0 saturated heterocycles. The number of rotatable bonds is 2. The van der Waals surface area contributed by atoms with Crippen molar-refractivity contribution in [1.29, 1.82) is 0 Å². The second-order valence-electron chi connectivity index (χ2n) is 3.97. The lowest BCUT2D eigenvalue weighted by molar-refractivity contribution is 1.07. The van der Waals surface area contributed by atoms with Crippen molar-refractivity contribution in [3.05, 3.63) is 57.2 Å². The molecule has 94 valence electrons. The van der Waals surface area contributed by atoms with Crippen molar-refractivity contribution in [2.45, 2.75) is 0 Å². The zero-order chi connectivity index (χ0) is 13.2. The highest BCUT2D eigenvalue weighted by Gasteiger charge is 2.02. The van der Waals surface area contributed by atoms with Crippen molar-refractivity contribution in [1.82, 2.24) is 20.2 Å². The highest BCUT2D eigenvalue weighted by molar-refractivity contribution is 6.30. The third-order valence-corrected chi connectivity index (χ3v) is 2.86. The summed E-state index contributed by atoms with van der Waals surface area (Å²) in [6.07, 6.45) is 4.99. The lowest BCUT2D eigenvalue weighted by Crippen LogP contribution is -2.08. The van der Waals surface area contributed by atoms with Crippen molar-refractivity contribution in [2.24, 2.45) is 0 Å². The van der Waals surface area contributed by atoms with Gasteiger partial charge in [0.1, 0.15) is 11.2 Å². The molecule has 2 N–H and O–H groups in total. The Morgan fingerprint density at radius 2 is 2.16 bits per heavy atom. The summed E-state index contributed by atoms with van der Waals surface area (Å²) in [6, 6.07) is 7.39. The first-order chi connectivity index (χ1) is 9.22. The fourth-order valence-electron chi connectivity index (χ4n) is 1.73. The number of aromatic nitrogens is 4. The predicted octanol–water partition coefficient (Wildman–Crippen LogP) is 2.47. The van der Waals surface area contributed by atoms with Gasteiger partial charge in [-0.3, -0.25) is 9.89 Å². The Balaban J connectivity index is 1.99. The van der Waals surface area contributed by atoms with Gasteiger partial charge in [0.15, 0.2) is 5.65 Å². The third-order valence-electron chi connectivity index (χ3n) is 2.62. The predicted molar refractivity (Wildman–Crippen MR) is 74.9 cm³/mol. The molecule has 0 atom stereocenters. The van der Waals surface area contributed by atoms with E-state index < -0.39 is 0 Å². The Bertz CT molecular complexity index is 819. The molecule has 0 amide bonds. The van der Waals surface area contributed by atoms with Crippen LogP contribution in [0.5, 0.6) is 0 Å². The Morgan fingerprint density at radius 3 is 3.00 bits per heavy atom. The number of aromatic amines is 2. The summed E-state index contributed by atoms with van der Waals surface area (Å²) in [4.78, 5) is 18.6. The largest absolute Gasteiger partial charge is 0.306 e. The molecule has 0 fully saturated rings. The minimum absolute atomic E-state index is 0.218. The SMILES string of the molecule is O=c1[nH]c(/C=C/c2cccc(Cl)c2)nc2[nH]ncc12. The fraction of sp³-hybridized carbons (Fsp3) is 0. The van der Waals surface area contributed by atoms with Crippen LogP contribution >= 0.6 is 11.6 Å². The van der Waals surface area contributed by atoms with Gasteiger partial charge < -0.3 is 4.98 Å². The molecule has 0 bridgehead atoms. The molecule has 0 unspecified atom stereocenters. The maximum absolute atomic E-state index is 11.7. The van der Waals surface area contributed by atoms with E-state index in [9.17, 15) is 4.79 Å². The first-order valence-corrected chi connectivity index (χ1v) is 5.97. The number of fused-ring (bicyclic) bond motifs is 1. The number of hydrogen-bond donors (Lipinski definition) is 2.